The van der Waals surface area contributed by atoms with Crippen molar-refractivity contribution in [2.45, 2.75) is 0 Å². The van der Waals surface area contributed by atoms with Gasteiger partial charge in [-0.15, -0.1) is 0 Å². The zero-order valence-electron chi connectivity index (χ0n) is 10.5. The van der Waals surface area contributed by atoms with Gasteiger partial charge < -0.3 is 19.3 Å². The number of phenolic OH excluding ortho intramolecular Hbond substituents is 1. The van der Waals surface area contributed by atoms with Crippen LogP contribution in [0.4, 0.5) is 4.39 Å². The van der Waals surface area contributed by atoms with Gasteiger partial charge in [-0.25, -0.2) is 4.39 Å². The minimum Gasteiger partial charge on any atom is -0.508 e. The number of benzene rings is 2. The van der Waals surface area contributed by atoms with Crippen LogP contribution >= 0.6 is 0 Å². The first-order chi connectivity index (χ1) is 9.13. The number of hydrogen-bond acceptors (Lipinski definition) is 4. The summed E-state index contributed by atoms with van der Waals surface area (Å²) in [5.41, 5.74) is 0. The van der Waals surface area contributed by atoms with Gasteiger partial charge in [0.15, 0.2) is 23.1 Å². The van der Waals surface area contributed by atoms with Crippen molar-refractivity contribution >= 4 is 0 Å². The molecule has 0 bridgehead atoms. The van der Waals surface area contributed by atoms with Crippen molar-refractivity contribution in [3.63, 3.8) is 0 Å². The zero-order chi connectivity index (χ0) is 13.8. The molecule has 0 saturated carbocycles. The van der Waals surface area contributed by atoms with E-state index in [1.54, 1.807) is 18.2 Å². The van der Waals surface area contributed by atoms with E-state index >= 15 is 0 Å². The molecular weight excluding hydrogens is 251 g/mol. The van der Waals surface area contributed by atoms with Gasteiger partial charge in [0.1, 0.15) is 11.5 Å². The second-order valence-electron chi connectivity index (χ2n) is 3.73. The molecule has 0 aliphatic rings. The Morgan fingerprint density at radius 3 is 2.32 bits per heavy atom. The monoisotopic (exact) mass is 264 g/mol. The fourth-order valence-corrected chi connectivity index (χ4v) is 1.58. The van der Waals surface area contributed by atoms with Crippen LogP contribution in [-0.2, 0) is 0 Å². The molecule has 0 atom stereocenters. The van der Waals surface area contributed by atoms with Crippen molar-refractivity contribution in [1.82, 2.24) is 0 Å². The highest BCUT2D eigenvalue weighted by Crippen LogP contribution is 2.34. The van der Waals surface area contributed by atoms with Gasteiger partial charge in [-0.1, -0.05) is 0 Å². The van der Waals surface area contributed by atoms with Gasteiger partial charge in [-0.05, 0) is 24.3 Å². The molecule has 0 aliphatic carbocycles. The Bertz CT molecular complexity index is 584. The van der Waals surface area contributed by atoms with Crippen LogP contribution < -0.4 is 14.2 Å². The number of ether oxygens (including phenoxy) is 3. The molecule has 0 radical (unpaired) electrons. The van der Waals surface area contributed by atoms with E-state index in [9.17, 15) is 9.50 Å². The topological polar surface area (TPSA) is 47.9 Å². The molecule has 19 heavy (non-hydrogen) atoms. The lowest BCUT2D eigenvalue weighted by Crippen LogP contribution is -1.92. The number of hydrogen-bond donors (Lipinski definition) is 1. The van der Waals surface area contributed by atoms with E-state index in [1.807, 2.05) is 0 Å². The van der Waals surface area contributed by atoms with E-state index in [2.05, 4.69) is 0 Å². The molecule has 0 aliphatic heterocycles. The van der Waals surface area contributed by atoms with Crippen molar-refractivity contribution < 1.29 is 23.7 Å². The number of aromatic hydroxyl groups is 1. The molecule has 0 unspecified atom stereocenters. The highest BCUT2D eigenvalue weighted by atomic mass is 19.1. The Hall–Kier alpha value is -2.43. The maximum atomic E-state index is 13.5. The summed E-state index contributed by atoms with van der Waals surface area (Å²) < 4.78 is 29.1. The van der Waals surface area contributed by atoms with Crippen molar-refractivity contribution in [2.75, 3.05) is 14.2 Å². The molecule has 0 aromatic heterocycles. The molecule has 0 heterocycles. The van der Waals surface area contributed by atoms with Gasteiger partial charge in [-0.2, -0.15) is 0 Å². The van der Waals surface area contributed by atoms with Crippen molar-refractivity contribution in [2.24, 2.45) is 0 Å². The van der Waals surface area contributed by atoms with E-state index < -0.39 is 5.82 Å². The van der Waals surface area contributed by atoms with Crippen molar-refractivity contribution in [3.8, 4) is 28.7 Å². The number of methoxy groups -OCH3 is 2. The summed E-state index contributed by atoms with van der Waals surface area (Å²) in [6, 6.07) is 8.41. The van der Waals surface area contributed by atoms with Gasteiger partial charge in [0.2, 0.25) is 0 Å². The van der Waals surface area contributed by atoms with Crippen LogP contribution in [0, 0.1) is 5.82 Å². The molecule has 4 nitrogen and oxygen atoms in total. The fourth-order valence-electron chi connectivity index (χ4n) is 1.58. The summed E-state index contributed by atoms with van der Waals surface area (Å²) in [5.74, 6) is 0.700. The van der Waals surface area contributed by atoms with E-state index in [0.29, 0.717) is 17.2 Å². The third-order valence-electron chi connectivity index (χ3n) is 2.50. The van der Waals surface area contributed by atoms with E-state index in [0.717, 1.165) is 6.07 Å². The lowest BCUT2D eigenvalue weighted by atomic mass is 10.3. The molecule has 2 aromatic rings. The van der Waals surface area contributed by atoms with Gasteiger partial charge in [0.05, 0.1) is 14.2 Å². The highest BCUT2D eigenvalue weighted by molar-refractivity contribution is 5.47. The van der Waals surface area contributed by atoms with Gasteiger partial charge >= 0.3 is 0 Å². The molecule has 1 N–H and O–H groups in total. The normalized spacial score (nSPS) is 10.1. The quantitative estimate of drug-likeness (QED) is 0.920. The Kier molecular flexibility index (Phi) is 3.75. The first kappa shape index (κ1) is 13.0. The lowest BCUT2D eigenvalue weighted by molar-refractivity contribution is 0.351. The minimum atomic E-state index is -0.562. The Morgan fingerprint density at radius 1 is 0.895 bits per heavy atom. The second-order valence-corrected chi connectivity index (χ2v) is 3.73. The summed E-state index contributed by atoms with van der Waals surface area (Å²) in [4.78, 5) is 0. The third kappa shape index (κ3) is 2.88. The van der Waals surface area contributed by atoms with Gasteiger partial charge in [-0.3, -0.25) is 0 Å². The lowest BCUT2D eigenvalue weighted by Gasteiger charge is -2.11. The van der Waals surface area contributed by atoms with Crippen LogP contribution in [0.5, 0.6) is 28.7 Å². The molecule has 0 spiro atoms. The summed E-state index contributed by atoms with van der Waals surface area (Å²) in [5, 5.41) is 9.31. The molecular formula is C14H13FO4. The highest BCUT2D eigenvalue weighted by Gasteiger charge is 2.09. The van der Waals surface area contributed by atoms with Crippen LogP contribution in [0.3, 0.4) is 0 Å². The Labute approximate surface area is 110 Å². The number of rotatable bonds is 4. The van der Waals surface area contributed by atoms with Crippen LogP contribution in [0.2, 0.25) is 0 Å². The fraction of sp³-hybridized carbons (Fsp3) is 0.143. The Balaban J connectivity index is 2.30. The zero-order valence-corrected chi connectivity index (χ0v) is 10.5. The van der Waals surface area contributed by atoms with E-state index in [4.69, 9.17) is 14.2 Å². The third-order valence-corrected chi connectivity index (χ3v) is 2.50. The second kappa shape index (κ2) is 5.48. The predicted molar refractivity (Wildman–Crippen MR) is 67.7 cm³/mol. The summed E-state index contributed by atoms with van der Waals surface area (Å²) >= 11 is 0. The molecule has 0 saturated heterocycles. The molecule has 100 valence electrons. The maximum absolute atomic E-state index is 13.5. The molecule has 2 rings (SSSR count). The van der Waals surface area contributed by atoms with Crippen LogP contribution in [0.25, 0.3) is 0 Å². The van der Waals surface area contributed by atoms with E-state index in [-0.39, 0.29) is 11.5 Å². The molecule has 0 fully saturated rings. The molecule has 5 heteroatoms. The van der Waals surface area contributed by atoms with Crippen LogP contribution in [0.1, 0.15) is 0 Å². The van der Waals surface area contributed by atoms with Crippen LogP contribution in [-0.4, -0.2) is 19.3 Å². The summed E-state index contributed by atoms with van der Waals surface area (Å²) in [6.07, 6.45) is 0. The number of halogens is 1. The Morgan fingerprint density at radius 2 is 1.63 bits per heavy atom. The largest absolute Gasteiger partial charge is 0.508 e. The van der Waals surface area contributed by atoms with Crippen LogP contribution in [0.15, 0.2) is 36.4 Å². The maximum Gasteiger partial charge on any atom is 0.166 e. The number of phenols is 1. The molecule has 2 aromatic carbocycles. The smallest absolute Gasteiger partial charge is 0.166 e. The van der Waals surface area contributed by atoms with Gasteiger partial charge in [0, 0.05) is 12.1 Å². The summed E-state index contributed by atoms with van der Waals surface area (Å²) in [7, 11) is 3.02. The predicted octanol–water partition coefficient (Wildman–Crippen LogP) is 3.34. The van der Waals surface area contributed by atoms with Crippen molar-refractivity contribution in [3.05, 3.63) is 42.2 Å². The minimum absolute atomic E-state index is 0.0628. The standard InChI is InChI=1S/C14H13FO4/c1-17-12-6-4-10(8-14(12)18-2)19-13-7-9(16)3-5-11(13)15/h3-8,16H,1-2H3. The summed E-state index contributed by atoms with van der Waals surface area (Å²) in [6.45, 7) is 0. The average Bonchev–Trinajstić information content (AvgIpc) is 2.42. The average molecular weight is 264 g/mol. The van der Waals surface area contributed by atoms with Crippen molar-refractivity contribution in [1.29, 1.82) is 0 Å². The van der Waals surface area contributed by atoms with Gasteiger partial charge in [0.25, 0.3) is 0 Å². The SMILES string of the molecule is COc1ccc(Oc2cc(O)ccc2F)cc1OC. The first-order valence-electron chi connectivity index (χ1n) is 5.52. The molecule has 0 amide bonds. The van der Waals surface area contributed by atoms with E-state index in [1.165, 1.54) is 26.4 Å². The first-order valence-corrected chi connectivity index (χ1v) is 5.52.